The molecule has 0 heterocycles. The molecule has 0 aliphatic heterocycles. The lowest BCUT2D eigenvalue weighted by atomic mass is 9.88. The Hall–Kier alpha value is -2.57. The van der Waals surface area contributed by atoms with Crippen LogP contribution < -0.4 is 16.0 Å². The summed E-state index contributed by atoms with van der Waals surface area (Å²) in [7, 11) is 0. The Balaban J connectivity index is 1.84. The van der Waals surface area contributed by atoms with Gasteiger partial charge in [0.15, 0.2) is 0 Å². The SMILES string of the molecule is CC(C)(C)OC(=O)NCC(=O)Nc1ccccc1CNC(=O)C1CCCCC1. The first-order valence-electron chi connectivity index (χ1n) is 9.87. The average molecular weight is 389 g/mol. The van der Waals surface area contributed by atoms with Crippen LogP contribution in [-0.4, -0.2) is 30.1 Å². The minimum absolute atomic E-state index is 0.0763. The summed E-state index contributed by atoms with van der Waals surface area (Å²) in [5.41, 5.74) is 0.809. The fourth-order valence-corrected chi connectivity index (χ4v) is 3.15. The molecule has 1 aromatic carbocycles. The zero-order valence-electron chi connectivity index (χ0n) is 17.0. The summed E-state index contributed by atoms with van der Waals surface area (Å²) in [5, 5.41) is 8.18. The fourth-order valence-electron chi connectivity index (χ4n) is 3.15. The summed E-state index contributed by atoms with van der Waals surface area (Å²) in [6.07, 6.45) is 4.66. The van der Waals surface area contributed by atoms with Crippen molar-refractivity contribution in [3.05, 3.63) is 29.8 Å². The second-order valence-corrected chi connectivity index (χ2v) is 8.11. The van der Waals surface area contributed by atoms with Crippen molar-refractivity contribution in [1.82, 2.24) is 10.6 Å². The van der Waals surface area contributed by atoms with Crippen molar-refractivity contribution in [2.45, 2.75) is 65.0 Å². The van der Waals surface area contributed by atoms with Gasteiger partial charge in [-0.05, 0) is 45.2 Å². The Kier molecular flexibility index (Phi) is 7.84. The number of nitrogens with one attached hydrogen (secondary N) is 3. The van der Waals surface area contributed by atoms with Gasteiger partial charge in [0.25, 0.3) is 0 Å². The molecule has 28 heavy (non-hydrogen) atoms. The molecule has 0 saturated heterocycles. The Morgan fingerprint density at radius 1 is 1.04 bits per heavy atom. The first-order chi connectivity index (χ1) is 13.2. The molecular formula is C21H31N3O4. The van der Waals surface area contributed by atoms with Crippen molar-refractivity contribution < 1.29 is 19.1 Å². The standard InChI is InChI=1S/C21H31N3O4/c1-21(2,3)28-20(27)23-14-18(25)24-17-12-8-7-11-16(17)13-22-19(26)15-9-5-4-6-10-15/h7-8,11-12,15H,4-6,9-10,13-14H2,1-3H3,(H,22,26)(H,23,27)(H,24,25). The number of para-hydroxylation sites is 1. The first-order valence-corrected chi connectivity index (χ1v) is 9.87. The molecule has 3 N–H and O–H groups in total. The second kappa shape index (κ2) is 10.1. The highest BCUT2D eigenvalue weighted by molar-refractivity contribution is 5.94. The van der Waals surface area contributed by atoms with Crippen LogP contribution >= 0.6 is 0 Å². The predicted octanol–water partition coefficient (Wildman–Crippen LogP) is 3.35. The molecule has 1 aliphatic carbocycles. The molecule has 7 nitrogen and oxygen atoms in total. The third kappa shape index (κ3) is 7.58. The van der Waals surface area contributed by atoms with E-state index in [1.54, 1.807) is 26.8 Å². The molecular weight excluding hydrogens is 358 g/mol. The van der Waals surface area contributed by atoms with Crippen molar-refractivity contribution in [2.75, 3.05) is 11.9 Å². The minimum Gasteiger partial charge on any atom is -0.444 e. The molecule has 154 valence electrons. The van der Waals surface area contributed by atoms with E-state index in [-0.39, 0.29) is 24.3 Å². The molecule has 1 fully saturated rings. The van der Waals surface area contributed by atoms with E-state index in [9.17, 15) is 14.4 Å². The average Bonchev–Trinajstić information content (AvgIpc) is 2.65. The number of benzene rings is 1. The van der Waals surface area contributed by atoms with Crippen molar-refractivity contribution >= 4 is 23.6 Å². The van der Waals surface area contributed by atoms with Crippen LogP contribution in [0.4, 0.5) is 10.5 Å². The van der Waals surface area contributed by atoms with Crippen molar-refractivity contribution in [2.24, 2.45) is 5.92 Å². The highest BCUT2D eigenvalue weighted by Crippen LogP contribution is 2.24. The van der Waals surface area contributed by atoms with E-state index in [4.69, 9.17) is 4.74 Å². The van der Waals surface area contributed by atoms with E-state index in [1.165, 1.54) is 6.42 Å². The Morgan fingerprint density at radius 3 is 2.39 bits per heavy atom. The number of rotatable bonds is 6. The molecule has 0 unspecified atom stereocenters. The van der Waals surface area contributed by atoms with E-state index in [1.807, 2.05) is 18.2 Å². The highest BCUT2D eigenvalue weighted by atomic mass is 16.6. The number of ether oxygens (including phenoxy) is 1. The van der Waals surface area contributed by atoms with Gasteiger partial charge in [-0.2, -0.15) is 0 Å². The van der Waals surface area contributed by atoms with Crippen molar-refractivity contribution in [3.8, 4) is 0 Å². The number of amides is 3. The number of hydrogen-bond donors (Lipinski definition) is 3. The van der Waals surface area contributed by atoms with Crippen LogP contribution in [0.2, 0.25) is 0 Å². The van der Waals surface area contributed by atoms with Gasteiger partial charge in [-0.25, -0.2) is 4.79 Å². The third-order valence-corrected chi connectivity index (χ3v) is 4.51. The van der Waals surface area contributed by atoms with Gasteiger partial charge in [-0.15, -0.1) is 0 Å². The van der Waals surface area contributed by atoms with E-state index in [0.29, 0.717) is 12.2 Å². The molecule has 0 spiro atoms. The lowest BCUT2D eigenvalue weighted by Gasteiger charge is -2.21. The molecule has 1 saturated carbocycles. The molecule has 0 radical (unpaired) electrons. The van der Waals surface area contributed by atoms with Crippen LogP contribution in [0, 0.1) is 5.92 Å². The zero-order valence-corrected chi connectivity index (χ0v) is 17.0. The fraction of sp³-hybridized carbons (Fsp3) is 0.571. The lowest BCUT2D eigenvalue weighted by molar-refractivity contribution is -0.126. The van der Waals surface area contributed by atoms with Gasteiger partial charge >= 0.3 is 6.09 Å². The largest absolute Gasteiger partial charge is 0.444 e. The number of carbonyl (C=O) groups excluding carboxylic acids is 3. The van der Waals surface area contributed by atoms with Crippen molar-refractivity contribution in [1.29, 1.82) is 0 Å². The summed E-state index contributed by atoms with van der Waals surface area (Å²) < 4.78 is 5.11. The summed E-state index contributed by atoms with van der Waals surface area (Å²) in [5.74, 6) is -0.196. The van der Waals surface area contributed by atoms with E-state index in [2.05, 4.69) is 16.0 Å². The maximum atomic E-state index is 12.3. The predicted molar refractivity (Wildman–Crippen MR) is 108 cm³/mol. The first kappa shape index (κ1) is 21.7. The van der Waals surface area contributed by atoms with Crippen molar-refractivity contribution in [3.63, 3.8) is 0 Å². The maximum absolute atomic E-state index is 12.3. The van der Waals surface area contributed by atoms with E-state index >= 15 is 0 Å². The smallest absolute Gasteiger partial charge is 0.408 e. The molecule has 0 atom stereocenters. The van der Waals surface area contributed by atoms with Crippen LogP contribution in [-0.2, 0) is 20.9 Å². The highest BCUT2D eigenvalue weighted by Gasteiger charge is 2.21. The maximum Gasteiger partial charge on any atom is 0.408 e. The van der Waals surface area contributed by atoms with Gasteiger partial charge < -0.3 is 20.7 Å². The van der Waals surface area contributed by atoms with Gasteiger partial charge in [0, 0.05) is 18.2 Å². The van der Waals surface area contributed by atoms with Crippen LogP contribution in [0.15, 0.2) is 24.3 Å². The van der Waals surface area contributed by atoms with Crippen LogP contribution in [0.5, 0.6) is 0 Å². The number of carbonyl (C=O) groups is 3. The van der Waals surface area contributed by atoms with Gasteiger partial charge in [-0.3, -0.25) is 9.59 Å². The summed E-state index contributed by atoms with van der Waals surface area (Å²) in [6.45, 7) is 5.42. The minimum atomic E-state index is -0.643. The second-order valence-electron chi connectivity index (χ2n) is 8.11. The van der Waals surface area contributed by atoms with Gasteiger partial charge in [0.2, 0.25) is 11.8 Å². The number of hydrogen-bond acceptors (Lipinski definition) is 4. The molecule has 7 heteroatoms. The zero-order chi connectivity index (χ0) is 20.6. The van der Waals surface area contributed by atoms with E-state index < -0.39 is 11.7 Å². The topological polar surface area (TPSA) is 96.5 Å². The monoisotopic (exact) mass is 389 g/mol. The molecule has 0 aromatic heterocycles. The van der Waals surface area contributed by atoms with Crippen LogP contribution in [0.25, 0.3) is 0 Å². The summed E-state index contributed by atoms with van der Waals surface area (Å²) in [4.78, 5) is 36.1. The Labute approximate surface area is 166 Å². The van der Waals surface area contributed by atoms with E-state index in [0.717, 1.165) is 31.2 Å². The third-order valence-electron chi connectivity index (χ3n) is 4.51. The van der Waals surface area contributed by atoms with Gasteiger partial charge in [0.1, 0.15) is 12.1 Å². The number of anilines is 1. The molecule has 2 rings (SSSR count). The molecule has 0 bridgehead atoms. The molecule has 1 aromatic rings. The molecule has 1 aliphatic rings. The molecule has 3 amide bonds. The van der Waals surface area contributed by atoms with Gasteiger partial charge in [-0.1, -0.05) is 37.5 Å². The Morgan fingerprint density at radius 2 is 1.71 bits per heavy atom. The normalized spacial score (nSPS) is 14.8. The van der Waals surface area contributed by atoms with Crippen LogP contribution in [0.3, 0.4) is 0 Å². The number of alkyl carbamates (subject to hydrolysis) is 1. The lowest BCUT2D eigenvalue weighted by Crippen LogP contribution is -2.37. The summed E-state index contributed by atoms with van der Waals surface area (Å²) in [6, 6.07) is 7.30. The van der Waals surface area contributed by atoms with Gasteiger partial charge in [0.05, 0.1) is 0 Å². The van der Waals surface area contributed by atoms with Crippen LogP contribution in [0.1, 0.15) is 58.4 Å². The summed E-state index contributed by atoms with van der Waals surface area (Å²) >= 11 is 0. The Bertz CT molecular complexity index is 691. The quantitative estimate of drug-likeness (QED) is 0.695.